The van der Waals surface area contributed by atoms with E-state index in [0.717, 1.165) is 10.8 Å². The molecule has 104 valence electrons. The molecule has 0 radical (unpaired) electrons. The van der Waals surface area contributed by atoms with Crippen LogP contribution < -0.4 is 4.74 Å². The highest BCUT2D eigenvalue weighted by Crippen LogP contribution is 2.28. The molecule has 6 heteroatoms. The van der Waals surface area contributed by atoms with Crippen molar-refractivity contribution in [1.82, 2.24) is 4.98 Å². The number of benzene rings is 2. The summed E-state index contributed by atoms with van der Waals surface area (Å²) < 4.78 is 5.56. The van der Waals surface area contributed by atoms with Gasteiger partial charge in [0.2, 0.25) is 5.88 Å². The fraction of sp³-hybridized carbons (Fsp3) is 0. The summed E-state index contributed by atoms with van der Waals surface area (Å²) in [7, 11) is 0. The summed E-state index contributed by atoms with van der Waals surface area (Å²) in [4.78, 5) is 14.2. The zero-order valence-corrected chi connectivity index (χ0v) is 11.4. The van der Waals surface area contributed by atoms with Crippen LogP contribution in [0.25, 0.3) is 10.8 Å². The number of fused-ring (bicyclic) bond motifs is 1. The SMILES string of the molecule is O=[N+]([O-])c1cc(Cl)nc(Oc2ccc3ccccc3c2)c1. The molecule has 0 aliphatic rings. The number of nitrogens with zero attached hydrogens (tertiary/aromatic N) is 2. The first-order valence-electron chi connectivity index (χ1n) is 6.10. The number of nitro groups is 1. The minimum absolute atomic E-state index is 0.0139. The highest BCUT2D eigenvalue weighted by Gasteiger charge is 2.11. The van der Waals surface area contributed by atoms with Crippen molar-refractivity contribution < 1.29 is 9.66 Å². The molecule has 1 aromatic heterocycles. The second kappa shape index (κ2) is 5.38. The Morgan fingerprint density at radius 3 is 2.57 bits per heavy atom. The zero-order valence-electron chi connectivity index (χ0n) is 10.7. The van der Waals surface area contributed by atoms with Gasteiger partial charge in [-0.15, -0.1) is 0 Å². The van der Waals surface area contributed by atoms with Gasteiger partial charge in [-0.1, -0.05) is 41.9 Å². The Morgan fingerprint density at radius 2 is 1.81 bits per heavy atom. The summed E-state index contributed by atoms with van der Waals surface area (Å²) in [6.45, 7) is 0. The fourth-order valence-corrected chi connectivity index (χ4v) is 2.16. The van der Waals surface area contributed by atoms with Crippen LogP contribution >= 0.6 is 11.6 Å². The first kappa shape index (κ1) is 13.3. The summed E-state index contributed by atoms with van der Waals surface area (Å²) in [6.07, 6.45) is 0. The number of ether oxygens (including phenoxy) is 1. The van der Waals surface area contributed by atoms with Crippen LogP contribution in [0.4, 0.5) is 5.69 Å². The van der Waals surface area contributed by atoms with Gasteiger partial charge in [0, 0.05) is 0 Å². The van der Waals surface area contributed by atoms with E-state index in [1.807, 2.05) is 36.4 Å². The molecule has 3 aromatic rings. The lowest BCUT2D eigenvalue weighted by atomic mass is 10.1. The third-order valence-corrected chi connectivity index (χ3v) is 3.10. The van der Waals surface area contributed by atoms with E-state index in [4.69, 9.17) is 16.3 Å². The molecule has 0 saturated heterocycles. The molecule has 0 unspecified atom stereocenters. The fourth-order valence-electron chi connectivity index (χ4n) is 1.97. The van der Waals surface area contributed by atoms with E-state index < -0.39 is 4.92 Å². The lowest BCUT2D eigenvalue weighted by Gasteiger charge is -2.06. The molecule has 0 bridgehead atoms. The minimum atomic E-state index is -0.541. The molecule has 5 nitrogen and oxygen atoms in total. The molecular weight excluding hydrogens is 292 g/mol. The minimum Gasteiger partial charge on any atom is -0.439 e. The zero-order chi connectivity index (χ0) is 14.8. The maximum Gasteiger partial charge on any atom is 0.277 e. The van der Waals surface area contributed by atoms with Gasteiger partial charge in [-0.05, 0) is 22.9 Å². The van der Waals surface area contributed by atoms with E-state index >= 15 is 0 Å². The van der Waals surface area contributed by atoms with Crippen molar-refractivity contribution in [3.63, 3.8) is 0 Å². The number of halogens is 1. The Kier molecular flexibility index (Phi) is 3.41. The van der Waals surface area contributed by atoms with E-state index in [9.17, 15) is 10.1 Å². The quantitative estimate of drug-likeness (QED) is 0.403. The third kappa shape index (κ3) is 2.93. The molecule has 3 rings (SSSR count). The van der Waals surface area contributed by atoms with Crippen molar-refractivity contribution in [2.75, 3.05) is 0 Å². The van der Waals surface area contributed by atoms with Crippen molar-refractivity contribution in [1.29, 1.82) is 0 Å². The standard InChI is InChI=1S/C15H9ClN2O3/c16-14-8-12(18(19)20)9-15(17-14)21-13-6-5-10-3-1-2-4-11(10)7-13/h1-9H. The molecule has 1 heterocycles. The number of hydrogen-bond acceptors (Lipinski definition) is 4. The van der Waals surface area contributed by atoms with E-state index in [2.05, 4.69) is 4.98 Å². The van der Waals surface area contributed by atoms with E-state index in [0.29, 0.717) is 5.75 Å². The highest BCUT2D eigenvalue weighted by atomic mass is 35.5. The van der Waals surface area contributed by atoms with Gasteiger partial charge in [-0.2, -0.15) is 0 Å². The number of aromatic nitrogens is 1. The van der Waals surface area contributed by atoms with Crippen LogP contribution in [0.2, 0.25) is 5.15 Å². The van der Waals surface area contributed by atoms with Gasteiger partial charge in [-0.25, -0.2) is 4.98 Å². The topological polar surface area (TPSA) is 65.3 Å². The Morgan fingerprint density at radius 1 is 1.05 bits per heavy atom. The number of rotatable bonds is 3. The predicted octanol–water partition coefficient (Wildman–Crippen LogP) is 4.59. The average Bonchev–Trinajstić information content (AvgIpc) is 2.46. The van der Waals surface area contributed by atoms with Crippen molar-refractivity contribution in [3.05, 3.63) is 69.9 Å². The van der Waals surface area contributed by atoms with Crippen LogP contribution in [0.3, 0.4) is 0 Å². The molecule has 0 spiro atoms. The van der Waals surface area contributed by atoms with Crippen LogP contribution in [0, 0.1) is 10.1 Å². The van der Waals surface area contributed by atoms with Crippen LogP contribution in [0.15, 0.2) is 54.6 Å². The highest BCUT2D eigenvalue weighted by molar-refractivity contribution is 6.29. The van der Waals surface area contributed by atoms with Crippen molar-refractivity contribution >= 4 is 28.1 Å². The third-order valence-electron chi connectivity index (χ3n) is 2.91. The first-order chi connectivity index (χ1) is 10.1. The summed E-state index contributed by atoms with van der Waals surface area (Å²) in [5.41, 5.74) is -0.161. The lowest BCUT2D eigenvalue weighted by molar-refractivity contribution is -0.385. The van der Waals surface area contributed by atoms with Gasteiger partial charge in [0.05, 0.1) is 17.1 Å². The van der Waals surface area contributed by atoms with E-state index in [1.165, 1.54) is 12.1 Å². The molecule has 0 amide bonds. The molecule has 0 saturated carbocycles. The van der Waals surface area contributed by atoms with Crippen LogP contribution in [-0.4, -0.2) is 9.91 Å². The van der Waals surface area contributed by atoms with Gasteiger partial charge in [-0.3, -0.25) is 10.1 Å². The summed E-state index contributed by atoms with van der Waals surface area (Å²) in [5.74, 6) is 0.627. The summed E-state index contributed by atoms with van der Waals surface area (Å²) >= 11 is 5.76. The Balaban J connectivity index is 1.96. The maximum atomic E-state index is 10.8. The van der Waals surface area contributed by atoms with Crippen molar-refractivity contribution in [3.8, 4) is 11.6 Å². The Bertz CT molecular complexity index is 836. The second-order valence-electron chi connectivity index (χ2n) is 4.35. The molecule has 0 aliphatic heterocycles. The smallest absolute Gasteiger partial charge is 0.277 e. The number of pyridine rings is 1. The van der Waals surface area contributed by atoms with Crippen molar-refractivity contribution in [2.45, 2.75) is 0 Å². The molecule has 0 atom stereocenters. The first-order valence-corrected chi connectivity index (χ1v) is 6.48. The molecule has 21 heavy (non-hydrogen) atoms. The second-order valence-corrected chi connectivity index (χ2v) is 4.74. The van der Waals surface area contributed by atoms with Crippen molar-refractivity contribution in [2.24, 2.45) is 0 Å². The van der Waals surface area contributed by atoms with Gasteiger partial charge < -0.3 is 4.74 Å². The van der Waals surface area contributed by atoms with Crippen LogP contribution in [-0.2, 0) is 0 Å². The molecule has 0 fully saturated rings. The summed E-state index contributed by atoms with van der Waals surface area (Å²) in [5, 5.41) is 12.9. The Hall–Kier alpha value is -2.66. The van der Waals surface area contributed by atoms with Crippen LogP contribution in [0.1, 0.15) is 0 Å². The maximum absolute atomic E-state index is 10.8. The van der Waals surface area contributed by atoms with E-state index in [1.54, 1.807) is 6.07 Å². The van der Waals surface area contributed by atoms with Gasteiger partial charge in [0.1, 0.15) is 10.9 Å². The van der Waals surface area contributed by atoms with Crippen LogP contribution in [0.5, 0.6) is 11.6 Å². The lowest BCUT2D eigenvalue weighted by Crippen LogP contribution is -1.93. The monoisotopic (exact) mass is 300 g/mol. The molecule has 0 N–H and O–H groups in total. The van der Waals surface area contributed by atoms with Gasteiger partial charge >= 0.3 is 0 Å². The molecule has 2 aromatic carbocycles. The van der Waals surface area contributed by atoms with Gasteiger partial charge in [0.25, 0.3) is 5.69 Å². The summed E-state index contributed by atoms with van der Waals surface area (Å²) in [6, 6.07) is 15.7. The van der Waals surface area contributed by atoms with Gasteiger partial charge in [0.15, 0.2) is 0 Å². The largest absolute Gasteiger partial charge is 0.439 e. The molecular formula is C15H9ClN2O3. The van der Waals surface area contributed by atoms with E-state index in [-0.39, 0.29) is 16.7 Å². The predicted molar refractivity (Wildman–Crippen MR) is 79.9 cm³/mol. The average molecular weight is 301 g/mol. The number of hydrogen-bond donors (Lipinski definition) is 0. The normalized spacial score (nSPS) is 10.5. The Labute approximate surface area is 124 Å². The molecule has 0 aliphatic carbocycles.